The molecule has 1 amide bonds. The number of aromatic nitrogens is 2. The van der Waals surface area contributed by atoms with Crippen molar-refractivity contribution < 1.29 is 9.32 Å². The van der Waals surface area contributed by atoms with Crippen LogP contribution in [0, 0.1) is 6.92 Å². The summed E-state index contributed by atoms with van der Waals surface area (Å²) in [5.74, 6) is 1.60. The lowest BCUT2D eigenvalue weighted by Gasteiger charge is -2.37. The van der Waals surface area contributed by atoms with Gasteiger partial charge in [0.1, 0.15) is 0 Å². The highest BCUT2D eigenvalue weighted by Gasteiger charge is 2.35. The number of benzene rings is 2. The number of nitrogens with zero attached hydrogens (tertiary/aromatic N) is 3. The van der Waals surface area contributed by atoms with Gasteiger partial charge in [-0.3, -0.25) is 4.79 Å². The Bertz CT molecular complexity index is 860. The summed E-state index contributed by atoms with van der Waals surface area (Å²) in [5.41, 5.74) is 1.07. The number of likely N-dealkylation sites (tertiary alicyclic amines) is 1. The average molecular weight is 307 g/mol. The highest BCUT2D eigenvalue weighted by Crippen LogP contribution is 2.27. The Hall–Kier alpha value is -2.69. The highest BCUT2D eigenvalue weighted by atomic mass is 16.5. The van der Waals surface area contributed by atoms with Crippen molar-refractivity contribution in [3.8, 4) is 0 Å². The highest BCUT2D eigenvalue weighted by molar-refractivity contribution is 5.90. The van der Waals surface area contributed by atoms with Gasteiger partial charge in [0.15, 0.2) is 5.82 Å². The Morgan fingerprint density at radius 3 is 2.78 bits per heavy atom. The fourth-order valence-electron chi connectivity index (χ4n) is 3.04. The molecule has 2 heterocycles. The van der Waals surface area contributed by atoms with Crippen LogP contribution in [0.5, 0.6) is 0 Å². The molecule has 4 rings (SSSR count). The van der Waals surface area contributed by atoms with Gasteiger partial charge in [0.05, 0.1) is 12.3 Å². The Balaban J connectivity index is 1.45. The van der Waals surface area contributed by atoms with Crippen molar-refractivity contribution in [2.24, 2.45) is 0 Å². The van der Waals surface area contributed by atoms with Crippen LogP contribution in [0.1, 0.15) is 23.2 Å². The molecular weight excluding hydrogens is 290 g/mol. The third-order valence-corrected chi connectivity index (χ3v) is 4.35. The Morgan fingerprint density at radius 2 is 2.00 bits per heavy atom. The van der Waals surface area contributed by atoms with Crippen LogP contribution in [-0.4, -0.2) is 34.0 Å². The maximum Gasteiger partial charge on any atom is 0.233 e. The van der Waals surface area contributed by atoms with Crippen LogP contribution in [0.4, 0.5) is 0 Å². The van der Waals surface area contributed by atoms with Gasteiger partial charge in [-0.05, 0) is 23.3 Å². The van der Waals surface area contributed by atoms with Crippen molar-refractivity contribution in [3.05, 3.63) is 59.7 Å². The molecule has 0 radical (unpaired) electrons. The normalized spacial score (nSPS) is 14.9. The molecule has 0 N–H and O–H groups in total. The molecule has 1 aliphatic rings. The van der Waals surface area contributed by atoms with E-state index in [1.807, 2.05) is 29.2 Å². The summed E-state index contributed by atoms with van der Waals surface area (Å²) in [6.07, 6.45) is 0.428. The van der Waals surface area contributed by atoms with Crippen molar-refractivity contribution in [3.63, 3.8) is 0 Å². The van der Waals surface area contributed by atoms with E-state index in [1.165, 1.54) is 5.39 Å². The smallest absolute Gasteiger partial charge is 0.233 e. The second-order valence-electron chi connectivity index (χ2n) is 5.99. The van der Waals surface area contributed by atoms with Gasteiger partial charge in [-0.15, -0.1) is 0 Å². The predicted molar refractivity (Wildman–Crippen MR) is 86.0 cm³/mol. The zero-order valence-corrected chi connectivity index (χ0v) is 12.9. The number of fused-ring (bicyclic) bond motifs is 1. The van der Waals surface area contributed by atoms with Crippen LogP contribution >= 0.6 is 0 Å². The molecule has 0 unspecified atom stereocenters. The minimum Gasteiger partial charge on any atom is -0.341 e. The van der Waals surface area contributed by atoms with Crippen LogP contribution in [0.3, 0.4) is 0 Å². The van der Waals surface area contributed by atoms with Gasteiger partial charge in [0.25, 0.3) is 0 Å². The average Bonchev–Trinajstić information content (AvgIpc) is 2.92. The first kappa shape index (κ1) is 13.9. The molecule has 0 saturated carbocycles. The molecule has 0 spiro atoms. The minimum absolute atomic E-state index is 0.147. The van der Waals surface area contributed by atoms with E-state index in [9.17, 15) is 4.79 Å². The molecule has 5 nitrogen and oxygen atoms in total. The molecule has 116 valence electrons. The summed E-state index contributed by atoms with van der Waals surface area (Å²) in [7, 11) is 0. The van der Waals surface area contributed by atoms with Crippen LogP contribution in [0.15, 0.2) is 47.0 Å². The molecule has 1 saturated heterocycles. The summed E-state index contributed by atoms with van der Waals surface area (Å²) < 4.78 is 5.17. The SMILES string of the molecule is Cc1noc(C2CN(C(=O)Cc3cccc4ccccc34)C2)n1. The standard InChI is InChI=1S/C18H17N3O2/c1-12-19-18(23-20-12)15-10-21(11-15)17(22)9-14-7-4-6-13-5-2-3-8-16(13)14/h2-8,15H,9-11H2,1H3. The van der Waals surface area contributed by atoms with E-state index in [0.29, 0.717) is 31.2 Å². The van der Waals surface area contributed by atoms with Gasteiger partial charge in [-0.1, -0.05) is 47.6 Å². The third kappa shape index (κ3) is 2.59. The van der Waals surface area contributed by atoms with Gasteiger partial charge >= 0.3 is 0 Å². The number of rotatable bonds is 3. The molecule has 2 aromatic carbocycles. The summed E-state index contributed by atoms with van der Waals surface area (Å²) in [5, 5.41) is 6.12. The second kappa shape index (κ2) is 5.50. The monoisotopic (exact) mass is 307 g/mol. The molecular formula is C18H17N3O2. The van der Waals surface area contributed by atoms with Crippen molar-refractivity contribution in [1.29, 1.82) is 0 Å². The zero-order valence-electron chi connectivity index (χ0n) is 12.9. The van der Waals surface area contributed by atoms with Crippen LogP contribution in [0.2, 0.25) is 0 Å². The number of carbonyl (C=O) groups excluding carboxylic acids is 1. The van der Waals surface area contributed by atoms with E-state index in [1.54, 1.807) is 6.92 Å². The van der Waals surface area contributed by atoms with E-state index in [-0.39, 0.29) is 11.8 Å². The Morgan fingerprint density at radius 1 is 1.22 bits per heavy atom. The van der Waals surface area contributed by atoms with E-state index in [4.69, 9.17) is 4.52 Å². The molecule has 0 atom stereocenters. The van der Waals surface area contributed by atoms with Gasteiger partial charge in [-0.25, -0.2) is 0 Å². The largest absolute Gasteiger partial charge is 0.341 e. The first-order valence-electron chi connectivity index (χ1n) is 7.75. The van der Waals surface area contributed by atoms with Crippen molar-refractivity contribution in [2.75, 3.05) is 13.1 Å². The lowest BCUT2D eigenvalue weighted by molar-refractivity contribution is -0.135. The zero-order chi connectivity index (χ0) is 15.8. The van der Waals surface area contributed by atoms with Gasteiger partial charge in [0, 0.05) is 13.1 Å². The first-order chi connectivity index (χ1) is 11.2. The van der Waals surface area contributed by atoms with E-state index < -0.39 is 0 Å². The second-order valence-corrected chi connectivity index (χ2v) is 5.99. The summed E-state index contributed by atoms with van der Waals surface area (Å²) in [4.78, 5) is 18.6. The fraction of sp³-hybridized carbons (Fsp3) is 0.278. The molecule has 23 heavy (non-hydrogen) atoms. The van der Waals surface area contributed by atoms with Gasteiger partial charge in [-0.2, -0.15) is 4.98 Å². The summed E-state index contributed by atoms with van der Waals surface area (Å²) >= 11 is 0. The number of carbonyl (C=O) groups is 1. The van der Waals surface area contributed by atoms with E-state index >= 15 is 0 Å². The number of amides is 1. The quantitative estimate of drug-likeness (QED) is 0.746. The number of hydrogen-bond acceptors (Lipinski definition) is 4. The first-order valence-corrected chi connectivity index (χ1v) is 7.75. The Kier molecular flexibility index (Phi) is 3.33. The topological polar surface area (TPSA) is 59.2 Å². The molecule has 1 fully saturated rings. The van der Waals surface area contributed by atoms with E-state index in [0.717, 1.165) is 10.9 Å². The molecule has 1 aliphatic heterocycles. The van der Waals surface area contributed by atoms with Crippen LogP contribution in [0.25, 0.3) is 10.8 Å². The van der Waals surface area contributed by atoms with Gasteiger partial charge in [0.2, 0.25) is 11.8 Å². The molecule has 3 aromatic rings. The maximum atomic E-state index is 12.5. The summed E-state index contributed by atoms with van der Waals surface area (Å²) in [6, 6.07) is 14.3. The molecule has 0 aliphatic carbocycles. The molecule has 1 aromatic heterocycles. The number of aryl methyl sites for hydroxylation is 1. The fourth-order valence-corrected chi connectivity index (χ4v) is 3.04. The van der Waals surface area contributed by atoms with Crippen LogP contribution < -0.4 is 0 Å². The van der Waals surface area contributed by atoms with E-state index in [2.05, 4.69) is 28.3 Å². The lowest BCUT2D eigenvalue weighted by atomic mass is 9.97. The maximum absolute atomic E-state index is 12.5. The minimum atomic E-state index is 0.147. The van der Waals surface area contributed by atoms with Crippen molar-refractivity contribution >= 4 is 16.7 Å². The van der Waals surface area contributed by atoms with Crippen molar-refractivity contribution in [1.82, 2.24) is 15.0 Å². The van der Waals surface area contributed by atoms with Gasteiger partial charge < -0.3 is 9.42 Å². The van der Waals surface area contributed by atoms with Crippen molar-refractivity contribution in [2.45, 2.75) is 19.3 Å². The molecule has 0 bridgehead atoms. The lowest BCUT2D eigenvalue weighted by Crippen LogP contribution is -2.49. The van der Waals surface area contributed by atoms with Crippen LogP contribution in [-0.2, 0) is 11.2 Å². The Labute approximate surface area is 133 Å². The predicted octanol–water partition coefficient (Wildman–Crippen LogP) is 2.70. The molecule has 5 heteroatoms. The number of hydrogen-bond donors (Lipinski definition) is 0. The third-order valence-electron chi connectivity index (χ3n) is 4.35. The summed E-state index contributed by atoms with van der Waals surface area (Å²) in [6.45, 7) is 3.12.